The Morgan fingerprint density at radius 2 is 1.71 bits per heavy atom. The fourth-order valence-electron chi connectivity index (χ4n) is 3.51. The molecule has 162 valence electrons. The normalized spacial score (nSPS) is 11.9. The van der Waals surface area contributed by atoms with Crippen LogP contribution in [0.2, 0.25) is 5.02 Å². The number of carboxylic acid groups (broad SMARTS) is 1. The average Bonchev–Trinajstić information content (AvgIpc) is 2.73. The topological polar surface area (TPSA) is 93.3 Å². The Hall–Kier alpha value is -3.32. The third-order valence-corrected chi connectivity index (χ3v) is 5.79. The maximum absolute atomic E-state index is 12.6. The number of anilines is 1. The number of para-hydroxylation sites is 1. The molecule has 0 fully saturated rings. The van der Waals surface area contributed by atoms with Crippen LogP contribution in [-0.2, 0) is 25.3 Å². The van der Waals surface area contributed by atoms with E-state index in [-0.39, 0.29) is 17.7 Å². The van der Waals surface area contributed by atoms with Crippen molar-refractivity contribution in [3.8, 4) is 11.1 Å². The molecule has 8 heteroatoms. The van der Waals surface area contributed by atoms with Crippen LogP contribution >= 0.6 is 11.6 Å². The molecule has 1 heterocycles. The Labute approximate surface area is 184 Å². The summed E-state index contributed by atoms with van der Waals surface area (Å²) in [5.74, 6) is -0.994. The molecule has 0 bridgehead atoms. The molecule has 0 saturated carbocycles. The Morgan fingerprint density at radius 3 is 2.29 bits per heavy atom. The van der Waals surface area contributed by atoms with Crippen LogP contribution in [0.5, 0.6) is 0 Å². The number of aromatic nitrogens is 2. The molecule has 1 aromatic heterocycles. The number of aliphatic carboxylic acids is 1. The van der Waals surface area contributed by atoms with Gasteiger partial charge >= 0.3 is 11.7 Å². The third-order valence-electron chi connectivity index (χ3n) is 5.48. The van der Waals surface area contributed by atoms with Crippen molar-refractivity contribution in [3.63, 3.8) is 0 Å². The molecule has 0 unspecified atom stereocenters. The molecule has 0 aliphatic carbocycles. The summed E-state index contributed by atoms with van der Waals surface area (Å²) in [6.45, 7) is 3.58. The van der Waals surface area contributed by atoms with Crippen LogP contribution in [0, 0.1) is 13.8 Å². The van der Waals surface area contributed by atoms with Gasteiger partial charge in [-0.25, -0.2) is 9.59 Å². The number of nitrogens with one attached hydrogen (secondary N) is 1. The van der Waals surface area contributed by atoms with Gasteiger partial charge < -0.3 is 15.0 Å². The Kier molecular flexibility index (Phi) is 6.36. The number of nitrogens with zero attached hydrogens (tertiary/aromatic N) is 2. The van der Waals surface area contributed by atoms with Crippen LogP contribution in [-0.4, -0.2) is 26.3 Å². The van der Waals surface area contributed by atoms with Crippen LogP contribution in [0.4, 0.5) is 5.69 Å². The monoisotopic (exact) mass is 441 g/mol. The zero-order valence-electron chi connectivity index (χ0n) is 17.8. The summed E-state index contributed by atoms with van der Waals surface area (Å²) in [5.41, 5.74) is 3.16. The molecular weight excluding hydrogens is 418 g/mol. The molecule has 0 amide bonds. The third kappa shape index (κ3) is 4.41. The van der Waals surface area contributed by atoms with Gasteiger partial charge in [-0.15, -0.1) is 0 Å². The van der Waals surface area contributed by atoms with Crippen molar-refractivity contribution in [3.05, 3.63) is 85.1 Å². The Balaban J connectivity index is 1.90. The molecule has 2 aromatic carbocycles. The van der Waals surface area contributed by atoms with Crippen molar-refractivity contribution < 1.29 is 9.90 Å². The predicted molar refractivity (Wildman–Crippen MR) is 122 cm³/mol. The standard InChI is InChI=1S/C23H24ClN3O4/c1-13-6-5-7-17(24)20(13)25-18(22(29)30)12-15-8-10-16(11-9-15)19-14(2)26(3)23(31)27(4)21(19)28/h5-11,18,25H,12H2,1-4H3,(H,29,30)/t18-/m0/s1. The first-order valence-electron chi connectivity index (χ1n) is 9.72. The summed E-state index contributed by atoms with van der Waals surface area (Å²) in [4.78, 5) is 36.5. The van der Waals surface area contributed by atoms with Crippen molar-refractivity contribution in [2.75, 3.05) is 5.32 Å². The van der Waals surface area contributed by atoms with Crippen LogP contribution in [0.3, 0.4) is 0 Å². The minimum atomic E-state index is -0.994. The lowest BCUT2D eigenvalue weighted by Crippen LogP contribution is -2.39. The summed E-state index contributed by atoms with van der Waals surface area (Å²) < 4.78 is 2.51. The predicted octanol–water partition coefficient (Wildman–Crippen LogP) is 3.13. The number of carbonyl (C=O) groups is 1. The highest BCUT2D eigenvalue weighted by Crippen LogP contribution is 2.27. The number of aryl methyl sites for hydroxylation is 1. The fourth-order valence-corrected chi connectivity index (χ4v) is 3.79. The number of benzene rings is 2. The van der Waals surface area contributed by atoms with Crippen molar-refractivity contribution in [1.82, 2.24) is 9.13 Å². The summed E-state index contributed by atoms with van der Waals surface area (Å²) in [6.07, 6.45) is 0.227. The lowest BCUT2D eigenvalue weighted by Gasteiger charge is -2.19. The number of carboxylic acids is 1. The molecule has 0 aliphatic rings. The second-order valence-electron chi connectivity index (χ2n) is 7.53. The van der Waals surface area contributed by atoms with E-state index in [4.69, 9.17) is 11.6 Å². The van der Waals surface area contributed by atoms with Crippen molar-refractivity contribution >= 4 is 23.3 Å². The number of halogens is 1. The van der Waals surface area contributed by atoms with Gasteiger partial charge in [-0.1, -0.05) is 48.0 Å². The SMILES string of the molecule is Cc1cccc(Cl)c1N[C@@H](Cc1ccc(-c2c(C)n(C)c(=O)n(C)c2=O)cc1)C(=O)O. The van der Waals surface area contributed by atoms with Gasteiger partial charge in [0.2, 0.25) is 0 Å². The van der Waals surface area contributed by atoms with E-state index in [0.29, 0.717) is 27.5 Å². The van der Waals surface area contributed by atoms with E-state index in [2.05, 4.69) is 5.32 Å². The van der Waals surface area contributed by atoms with Gasteiger partial charge in [-0.05, 0) is 36.6 Å². The molecule has 2 N–H and O–H groups in total. The van der Waals surface area contributed by atoms with Gasteiger partial charge in [0.15, 0.2) is 0 Å². The highest BCUT2D eigenvalue weighted by molar-refractivity contribution is 6.33. The molecule has 31 heavy (non-hydrogen) atoms. The van der Waals surface area contributed by atoms with Gasteiger partial charge in [0.25, 0.3) is 5.56 Å². The van der Waals surface area contributed by atoms with Crippen LogP contribution in [0.1, 0.15) is 16.8 Å². The second kappa shape index (κ2) is 8.81. The Bertz CT molecular complexity index is 1240. The Morgan fingerprint density at radius 1 is 1.06 bits per heavy atom. The molecule has 0 radical (unpaired) electrons. The number of hydrogen-bond acceptors (Lipinski definition) is 4. The van der Waals surface area contributed by atoms with E-state index in [9.17, 15) is 19.5 Å². The van der Waals surface area contributed by atoms with Crippen molar-refractivity contribution in [2.24, 2.45) is 14.1 Å². The maximum Gasteiger partial charge on any atom is 0.330 e. The van der Waals surface area contributed by atoms with E-state index in [0.717, 1.165) is 15.7 Å². The van der Waals surface area contributed by atoms with E-state index in [1.54, 1.807) is 44.3 Å². The fraction of sp³-hybridized carbons (Fsp3) is 0.261. The molecule has 3 rings (SSSR count). The largest absolute Gasteiger partial charge is 0.480 e. The smallest absolute Gasteiger partial charge is 0.330 e. The average molecular weight is 442 g/mol. The molecule has 0 spiro atoms. The molecule has 7 nitrogen and oxygen atoms in total. The van der Waals surface area contributed by atoms with Gasteiger partial charge in [0.1, 0.15) is 6.04 Å². The lowest BCUT2D eigenvalue weighted by atomic mass is 10.00. The van der Waals surface area contributed by atoms with Gasteiger partial charge in [0.05, 0.1) is 16.3 Å². The van der Waals surface area contributed by atoms with Crippen molar-refractivity contribution in [1.29, 1.82) is 0 Å². The summed E-state index contributed by atoms with van der Waals surface area (Å²) in [5, 5.41) is 13.2. The first-order chi connectivity index (χ1) is 14.6. The van der Waals surface area contributed by atoms with Gasteiger partial charge in [-0.3, -0.25) is 9.36 Å². The summed E-state index contributed by atoms with van der Waals surface area (Å²) in [7, 11) is 3.07. The van der Waals surface area contributed by atoms with Crippen LogP contribution < -0.4 is 16.6 Å². The van der Waals surface area contributed by atoms with E-state index >= 15 is 0 Å². The quantitative estimate of drug-likeness (QED) is 0.613. The van der Waals surface area contributed by atoms with Crippen LogP contribution in [0.15, 0.2) is 52.1 Å². The highest BCUT2D eigenvalue weighted by atomic mass is 35.5. The first kappa shape index (κ1) is 22.4. The summed E-state index contributed by atoms with van der Waals surface area (Å²) in [6, 6.07) is 11.6. The molecule has 0 saturated heterocycles. The van der Waals surface area contributed by atoms with E-state index in [1.807, 2.05) is 19.1 Å². The van der Waals surface area contributed by atoms with Gasteiger partial charge in [0, 0.05) is 26.2 Å². The summed E-state index contributed by atoms with van der Waals surface area (Å²) >= 11 is 6.22. The number of hydrogen-bond donors (Lipinski definition) is 2. The number of rotatable bonds is 6. The second-order valence-corrected chi connectivity index (χ2v) is 7.94. The molecular formula is C23H24ClN3O4. The van der Waals surface area contributed by atoms with Gasteiger partial charge in [-0.2, -0.15) is 0 Å². The lowest BCUT2D eigenvalue weighted by molar-refractivity contribution is -0.137. The molecule has 3 aromatic rings. The maximum atomic E-state index is 12.6. The zero-order chi connectivity index (χ0) is 22.9. The van der Waals surface area contributed by atoms with E-state index < -0.39 is 12.0 Å². The molecule has 1 atom stereocenters. The minimum Gasteiger partial charge on any atom is -0.480 e. The minimum absolute atomic E-state index is 0.227. The highest BCUT2D eigenvalue weighted by Gasteiger charge is 2.20. The van der Waals surface area contributed by atoms with Crippen LogP contribution in [0.25, 0.3) is 11.1 Å². The van der Waals surface area contributed by atoms with E-state index in [1.165, 1.54) is 11.6 Å². The van der Waals surface area contributed by atoms with Crippen molar-refractivity contribution in [2.45, 2.75) is 26.3 Å². The zero-order valence-corrected chi connectivity index (χ0v) is 18.5. The first-order valence-corrected chi connectivity index (χ1v) is 10.1. The molecule has 0 aliphatic heterocycles.